The Hall–Kier alpha value is -2.40. The molecule has 0 aliphatic carbocycles. The third kappa shape index (κ3) is 2.41. The number of rotatable bonds is 2. The topological polar surface area (TPSA) is 70.7 Å². The van der Waals surface area contributed by atoms with Gasteiger partial charge in [-0.2, -0.15) is 5.10 Å². The van der Waals surface area contributed by atoms with Crippen molar-refractivity contribution in [2.24, 2.45) is 0 Å². The molecule has 0 aliphatic rings. The highest BCUT2D eigenvalue weighted by Gasteiger charge is 2.10. The van der Waals surface area contributed by atoms with Crippen LogP contribution in [0.25, 0.3) is 10.9 Å². The van der Waals surface area contributed by atoms with Crippen LogP contribution in [0.3, 0.4) is 0 Å². The Morgan fingerprint density at radius 3 is 2.89 bits per heavy atom. The maximum absolute atomic E-state index is 11.9. The number of aromatic amines is 1. The minimum Gasteiger partial charge on any atom is -0.319 e. The number of anilines is 1. The van der Waals surface area contributed by atoms with Crippen LogP contribution in [0.4, 0.5) is 5.69 Å². The van der Waals surface area contributed by atoms with E-state index in [1.165, 1.54) is 6.07 Å². The number of amides is 1. The number of halogens is 1. The van der Waals surface area contributed by atoms with Crippen molar-refractivity contribution >= 4 is 34.1 Å². The summed E-state index contributed by atoms with van der Waals surface area (Å²) in [7, 11) is 0. The molecule has 3 rings (SSSR count). The number of H-pyrrole nitrogens is 1. The zero-order chi connectivity index (χ0) is 13.2. The Bertz CT molecular complexity index is 753. The lowest BCUT2D eigenvalue weighted by Crippen LogP contribution is -2.12. The van der Waals surface area contributed by atoms with Crippen LogP contribution in [0.1, 0.15) is 10.5 Å². The fourth-order valence-corrected chi connectivity index (χ4v) is 1.89. The monoisotopic (exact) mass is 272 g/mol. The first-order valence-corrected chi connectivity index (χ1v) is 5.97. The quantitative estimate of drug-likeness (QED) is 0.753. The van der Waals surface area contributed by atoms with Gasteiger partial charge in [0.1, 0.15) is 5.15 Å². The summed E-state index contributed by atoms with van der Waals surface area (Å²) in [6.45, 7) is 0. The first kappa shape index (κ1) is 11.7. The molecule has 6 heteroatoms. The Kier molecular flexibility index (Phi) is 2.89. The number of nitrogens with zero attached hydrogens (tertiary/aromatic N) is 2. The molecule has 2 heterocycles. The summed E-state index contributed by atoms with van der Waals surface area (Å²) in [5, 5.41) is 10.3. The molecule has 94 valence electrons. The molecule has 0 spiro atoms. The SMILES string of the molecule is O=C(Nc1cnc2ccccc2c1)c1cc(Cl)[nH]n1. The molecule has 0 bridgehead atoms. The lowest BCUT2D eigenvalue weighted by molar-refractivity contribution is 0.102. The third-order valence-electron chi connectivity index (χ3n) is 2.63. The average molecular weight is 273 g/mol. The molecule has 0 fully saturated rings. The number of benzene rings is 1. The number of carbonyl (C=O) groups is 1. The van der Waals surface area contributed by atoms with Gasteiger partial charge in [-0.05, 0) is 12.1 Å². The molecule has 0 saturated heterocycles. The molecule has 19 heavy (non-hydrogen) atoms. The van der Waals surface area contributed by atoms with Crippen molar-refractivity contribution in [1.29, 1.82) is 0 Å². The van der Waals surface area contributed by atoms with E-state index in [0.717, 1.165) is 10.9 Å². The van der Waals surface area contributed by atoms with Gasteiger partial charge in [-0.25, -0.2) is 0 Å². The Labute approximate surface area is 113 Å². The Morgan fingerprint density at radius 2 is 2.11 bits per heavy atom. The number of hydrogen-bond donors (Lipinski definition) is 2. The minimum absolute atomic E-state index is 0.234. The van der Waals surface area contributed by atoms with Crippen LogP contribution in [-0.2, 0) is 0 Å². The highest BCUT2D eigenvalue weighted by molar-refractivity contribution is 6.29. The zero-order valence-electron chi connectivity index (χ0n) is 9.72. The number of para-hydroxylation sites is 1. The lowest BCUT2D eigenvalue weighted by atomic mass is 10.2. The van der Waals surface area contributed by atoms with Gasteiger partial charge in [-0.15, -0.1) is 0 Å². The Morgan fingerprint density at radius 1 is 1.26 bits per heavy atom. The highest BCUT2D eigenvalue weighted by atomic mass is 35.5. The third-order valence-corrected chi connectivity index (χ3v) is 2.82. The van der Waals surface area contributed by atoms with E-state index < -0.39 is 0 Å². The fourth-order valence-electron chi connectivity index (χ4n) is 1.75. The second kappa shape index (κ2) is 4.70. The van der Waals surface area contributed by atoms with Gasteiger partial charge in [-0.3, -0.25) is 14.9 Å². The molecule has 2 aromatic heterocycles. The molecule has 0 saturated carbocycles. The van der Waals surface area contributed by atoms with Crippen LogP contribution in [0, 0.1) is 0 Å². The number of fused-ring (bicyclic) bond motifs is 1. The standard InChI is InChI=1S/C13H9ClN4O/c14-12-6-11(17-18-12)13(19)16-9-5-8-3-1-2-4-10(8)15-7-9/h1-7H,(H,16,19)(H,17,18). The van der Waals surface area contributed by atoms with Gasteiger partial charge in [0.2, 0.25) is 0 Å². The smallest absolute Gasteiger partial charge is 0.276 e. The molecule has 0 atom stereocenters. The van der Waals surface area contributed by atoms with Crippen molar-refractivity contribution in [3.63, 3.8) is 0 Å². The van der Waals surface area contributed by atoms with Crippen molar-refractivity contribution in [2.45, 2.75) is 0 Å². The molecular formula is C13H9ClN4O. The van der Waals surface area contributed by atoms with Gasteiger partial charge in [-0.1, -0.05) is 29.8 Å². The molecule has 0 unspecified atom stereocenters. The van der Waals surface area contributed by atoms with Crippen molar-refractivity contribution in [3.8, 4) is 0 Å². The van der Waals surface area contributed by atoms with Crippen LogP contribution in [0.2, 0.25) is 5.15 Å². The molecule has 1 aromatic carbocycles. The maximum Gasteiger partial charge on any atom is 0.276 e. The van der Waals surface area contributed by atoms with Gasteiger partial charge in [0.25, 0.3) is 5.91 Å². The van der Waals surface area contributed by atoms with E-state index in [2.05, 4.69) is 20.5 Å². The summed E-state index contributed by atoms with van der Waals surface area (Å²) < 4.78 is 0. The van der Waals surface area contributed by atoms with Gasteiger partial charge < -0.3 is 5.32 Å². The number of hydrogen-bond acceptors (Lipinski definition) is 3. The predicted molar refractivity (Wildman–Crippen MR) is 73.3 cm³/mol. The zero-order valence-corrected chi connectivity index (χ0v) is 10.5. The molecule has 2 N–H and O–H groups in total. The van der Waals surface area contributed by atoms with Crippen LogP contribution in [-0.4, -0.2) is 21.1 Å². The van der Waals surface area contributed by atoms with E-state index in [9.17, 15) is 4.79 Å². The van der Waals surface area contributed by atoms with Crippen molar-refractivity contribution in [1.82, 2.24) is 15.2 Å². The molecular weight excluding hydrogens is 264 g/mol. The number of carbonyl (C=O) groups excluding carboxylic acids is 1. The number of pyridine rings is 1. The fraction of sp³-hybridized carbons (Fsp3) is 0. The summed E-state index contributed by atoms with van der Waals surface area (Å²) in [6, 6.07) is 11.0. The van der Waals surface area contributed by atoms with Gasteiger partial charge in [0.15, 0.2) is 5.69 Å². The normalized spacial score (nSPS) is 10.6. The molecule has 0 radical (unpaired) electrons. The van der Waals surface area contributed by atoms with E-state index in [4.69, 9.17) is 11.6 Å². The second-order valence-corrected chi connectivity index (χ2v) is 4.38. The van der Waals surface area contributed by atoms with Crippen LogP contribution in [0.5, 0.6) is 0 Å². The van der Waals surface area contributed by atoms with E-state index in [1.807, 2.05) is 30.3 Å². The lowest BCUT2D eigenvalue weighted by Gasteiger charge is -2.04. The molecule has 3 aromatic rings. The first-order valence-electron chi connectivity index (χ1n) is 5.59. The van der Waals surface area contributed by atoms with Gasteiger partial charge in [0.05, 0.1) is 17.4 Å². The largest absolute Gasteiger partial charge is 0.319 e. The van der Waals surface area contributed by atoms with Crippen LogP contribution >= 0.6 is 11.6 Å². The van der Waals surface area contributed by atoms with E-state index in [1.54, 1.807) is 6.20 Å². The summed E-state index contributed by atoms with van der Waals surface area (Å²) >= 11 is 5.68. The summed E-state index contributed by atoms with van der Waals surface area (Å²) in [4.78, 5) is 16.1. The minimum atomic E-state index is -0.333. The van der Waals surface area contributed by atoms with Crippen molar-refractivity contribution in [2.75, 3.05) is 5.32 Å². The van der Waals surface area contributed by atoms with Crippen molar-refractivity contribution in [3.05, 3.63) is 53.4 Å². The molecule has 1 amide bonds. The Balaban J connectivity index is 1.87. The molecule has 0 aliphatic heterocycles. The van der Waals surface area contributed by atoms with Crippen LogP contribution < -0.4 is 5.32 Å². The summed E-state index contributed by atoms with van der Waals surface area (Å²) in [5.74, 6) is -0.333. The van der Waals surface area contributed by atoms with E-state index in [0.29, 0.717) is 10.8 Å². The summed E-state index contributed by atoms with van der Waals surface area (Å²) in [5.41, 5.74) is 1.73. The summed E-state index contributed by atoms with van der Waals surface area (Å²) in [6.07, 6.45) is 1.61. The maximum atomic E-state index is 11.9. The van der Waals surface area contributed by atoms with E-state index >= 15 is 0 Å². The number of aromatic nitrogens is 3. The predicted octanol–water partition coefficient (Wildman–Crippen LogP) is 2.86. The average Bonchev–Trinajstić information content (AvgIpc) is 2.85. The van der Waals surface area contributed by atoms with Gasteiger partial charge >= 0.3 is 0 Å². The van der Waals surface area contributed by atoms with Crippen molar-refractivity contribution < 1.29 is 4.79 Å². The van der Waals surface area contributed by atoms with E-state index in [-0.39, 0.29) is 11.6 Å². The highest BCUT2D eigenvalue weighted by Crippen LogP contribution is 2.16. The number of nitrogens with one attached hydrogen (secondary N) is 2. The molecule has 5 nitrogen and oxygen atoms in total. The second-order valence-electron chi connectivity index (χ2n) is 3.97. The van der Waals surface area contributed by atoms with Gasteiger partial charge in [0, 0.05) is 11.5 Å². The first-order chi connectivity index (χ1) is 9.22. The van der Waals surface area contributed by atoms with Crippen LogP contribution in [0.15, 0.2) is 42.6 Å².